The fraction of sp³-hybridized carbons (Fsp3) is 0.318. The van der Waals surface area contributed by atoms with Crippen LogP contribution in [0.2, 0.25) is 0 Å². The number of sulfone groups is 1. The van der Waals surface area contributed by atoms with Crippen LogP contribution in [0, 0.1) is 0 Å². The highest BCUT2D eigenvalue weighted by Crippen LogP contribution is 2.34. The van der Waals surface area contributed by atoms with Crippen LogP contribution in [0.25, 0.3) is 10.9 Å². The van der Waals surface area contributed by atoms with E-state index >= 15 is 0 Å². The Balaban J connectivity index is 1.40. The van der Waals surface area contributed by atoms with E-state index in [2.05, 4.69) is 17.1 Å². The van der Waals surface area contributed by atoms with Crippen LogP contribution in [0.3, 0.4) is 0 Å². The molecule has 7 heteroatoms. The second-order valence-electron chi connectivity index (χ2n) is 7.74. The predicted molar refractivity (Wildman–Crippen MR) is 116 cm³/mol. The number of aromatic amines is 1. The highest BCUT2D eigenvalue weighted by Gasteiger charge is 2.31. The van der Waals surface area contributed by atoms with Gasteiger partial charge >= 0.3 is 0 Å². The minimum Gasteiger partial charge on any atom is -0.358 e. The zero-order chi connectivity index (χ0) is 20.0. The van der Waals surface area contributed by atoms with E-state index < -0.39 is 9.84 Å². The van der Waals surface area contributed by atoms with Crippen molar-refractivity contribution in [2.75, 3.05) is 18.1 Å². The Morgan fingerprint density at radius 3 is 2.72 bits per heavy atom. The molecule has 1 unspecified atom stereocenters. The van der Waals surface area contributed by atoms with Gasteiger partial charge in [0.2, 0.25) is 0 Å². The maximum Gasteiger partial charge on any atom is 0.255 e. The first kappa shape index (κ1) is 18.8. The maximum absolute atomic E-state index is 13.4. The molecule has 0 saturated carbocycles. The number of carbonyl (C=O) groups excluding carboxylic acids is 1. The first-order valence-corrected chi connectivity index (χ1v) is 12.5. The third-order valence-corrected chi connectivity index (χ3v) is 9.10. The lowest BCUT2D eigenvalue weighted by molar-refractivity contribution is 0.0731. The van der Waals surface area contributed by atoms with Crippen molar-refractivity contribution in [2.24, 2.45) is 0 Å². The zero-order valence-electron chi connectivity index (χ0n) is 15.9. The number of aromatic nitrogens is 1. The molecular weight excluding hydrogens is 404 g/mol. The Morgan fingerprint density at radius 1 is 1.10 bits per heavy atom. The van der Waals surface area contributed by atoms with Crippen LogP contribution in [0.1, 0.15) is 28.0 Å². The molecule has 0 spiro atoms. The molecule has 0 radical (unpaired) electrons. The summed E-state index contributed by atoms with van der Waals surface area (Å²) in [6.45, 7) is 1.27. The third kappa shape index (κ3) is 3.57. The fourth-order valence-corrected chi connectivity index (χ4v) is 7.91. The molecule has 2 aliphatic rings. The number of H-pyrrole nitrogens is 1. The van der Waals surface area contributed by atoms with Crippen LogP contribution < -0.4 is 0 Å². The first-order chi connectivity index (χ1) is 14.0. The quantitative estimate of drug-likeness (QED) is 0.694. The van der Waals surface area contributed by atoms with Gasteiger partial charge in [-0.1, -0.05) is 30.3 Å². The van der Waals surface area contributed by atoms with Gasteiger partial charge in [0.15, 0.2) is 9.84 Å². The summed E-state index contributed by atoms with van der Waals surface area (Å²) in [5, 5.41) is 1.20. The van der Waals surface area contributed by atoms with Crippen molar-refractivity contribution < 1.29 is 13.2 Å². The standard InChI is InChI=1S/C22H22N2O3S2/c25-22(17-6-2-4-8-21(17)28-15-10-12-29(26,27)14-15)24-11-9-20-18(13-24)16-5-1-3-7-19(16)23-20/h1-8,15,23H,9-14H2. The van der Waals surface area contributed by atoms with Crippen LogP contribution in [0.4, 0.5) is 0 Å². The second kappa shape index (κ2) is 7.22. The van der Waals surface area contributed by atoms with Crippen LogP contribution in [-0.4, -0.2) is 47.5 Å². The molecule has 0 bridgehead atoms. The summed E-state index contributed by atoms with van der Waals surface area (Å²) in [6, 6.07) is 15.8. The van der Waals surface area contributed by atoms with Gasteiger partial charge in [0.25, 0.3) is 5.91 Å². The summed E-state index contributed by atoms with van der Waals surface area (Å²) in [5.74, 6) is 0.462. The van der Waals surface area contributed by atoms with E-state index in [4.69, 9.17) is 0 Å². The molecule has 1 atom stereocenters. The lowest BCUT2D eigenvalue weighted by atomic mass is 10.0. The largest absolute Gasteiger partial charge is 0.358 e. The monoisotopic (exact) mass is 426 g/mol. The Labute approximate surface area is 174 Å². The molecule has 1 amide bonds. The van der Waals surface area contributed by atoms with Gasteiger partial charge in [0.1, 0.15) is 0 Å². The van der Waals surface area contributed by atoms with Gasteiger partial charge in [-0.25, -0.2) is 8.42 Å². The number of rotatable bonds is 3. The summed E-state index contributed by atoms with van der Waals surface area (Å²) < 4.78 is 23.6. The van der Waals surface area contributed by atoms with Gasteiger partial charge in [-0.05, 0) is 24.6 Å². The molecular formula is C22H22N2O3S2. The Hall–Kier alpha value is -2.25. The topological polar surface area (TPSA) is 70.2 Å². The molecule has 1 N–H and O–H groups in total. The van der Waals surface area contributed by atoms with Crippen molar-refractivity contribution in [3.8, 4) is 0 Å². The lowest BCUT2D eigenvalue weighted by Crippen LogP contribution is -2.36. The Kier molecular flexibility index (Phi) is 4.67. The van der Waals surface area contributed by atoms with Crippen LogP contribution in [-0.2, 0) is 22.8 Å². The second-order valence-corrected chi connectivity index (χ2v) is 11.3. The average Bonchev–Trinajstić information content (AvgIpc) is 3.26. The Bertz CT molecular complexity index is 1200. The lowest BCUT2D eigenvalue weighted by Gasteiger charge is -2.28. The highest BCUT2D eigenvalue weighted by atomic mass is 32.2. The smallest absolute Gasteiger partial charge is 0.255 e. The molecule has 0 aliphatic carbocycles. The number of amides is 1. The fourth-order valence-electron chi connectivity index (χ4n) is 4.29. The highest BCUT2D eigenvalue weighted by molar-refractivity contribution is 8.02. The van der Waals surface area contributed by atoms with Gasteiger partial charge < -0.3 is 9.88 Å². The van der Waals surface area contributed by atoms with E-state index in [1.807, 2.05) is 41.3 Å². The van der Waals surface area contributed by atoms with E-state index in [0.29, 0.717) is 25.1 Å². The number of fused-ring (bicyclic) bond motifs is 3. The number of hydrogen-bond acceptors (Lipinski definition) is 4. The molecule has 2 aliphatic heterocycles. The summed E-state index contributed by atoms with van der Waals surface area (Å²) in [4.78, 5) is 19.6. The van der Waals surface area contributed by atoms with Gasteiger partial charge in [0.05, 0.1) is 17.1 Å². The average molecular weight is 427 g/mol. The van der Waals surface area contributed by atoms with Crippen molar-refractivity contribution in [1.29, 1.82) is 0 Å². The molecule has 29 heavy (non-hydrogen) atoms. The van der Waals surface area contributed by atoms with Crippen LogP contribution in [0.5, 0.6) is 0 Å². The van der Waals surface area contributed by atoms with E-state index in [1.54, 1.807) is 0 Å². The van der Waals surface area contributed by atoms with Gasteiger partial charge in [-0.2, -0.15) is 0 Å². The van der Waals surface area contributed by atoms with E-state index in [9.17, 15) is 13.2 Å². The Morgan fingerprint density at radius 2 is 1.90 bits per heavy atom. The minimum absolute atomic E-state index is 0.0184. The number of benzene rings is 2. The number of thioether (sulfide) groups is 1. The van der Waals surface area contributed by atoms with Gasteiger partial charge in [-0.15, -0.1) is 11.8 Å². The number of nitrogens with one attached hydrogen (secondary N) is 1. The van der Waals surface area contributed by atoms with E-state index in [-0.39, 0.29) is 22.7 Å². The van der Waals surface area contributed by atoms with Crippen molar-refractivity contribution in [2.45, 2.75) is 29.5 Å². The number of nitrogens with zero attached hydrogens (tertiary/aromatic N) is 1. The molecule has 3 aromatic rings. The number of hydrogen-bond donors (Lipinski definition) is 1. The minimum atomic E-state index is -2.94. The molecule has 5 nitrogen and oxygen atoms in total. The van der Waals surface area contributed by atoms with Crippen molar-refractivity contribution in [3.63, 3.8) is 0 Å². The molecule has 3 heterocycles. The van der Waals surface area contributed by atoms with Crippen LogP contribution in [0.15, 0.2) is 53.4 Å². The van der Waals surface area contributed by atoms with Gasteiger partial charge in [-0.3, -0.25) is 4.79 Å². The van der Waals surface area contributed by atoms with Crippen molar-refractivity contribution in [1.82, 2.24) is 9.88 Å². The predicted octanol–water partition coefficient (Wildman–Crippen LogP) is 3.65. The summed E-state index contributed by atoms with van der Waals surface area (Å²) >= 11 is 1.53. The number of carbonyl (C=O) groups is 1. The molecule has 1 aromatic heterocycles. The SMILES string of the molecule is O=C(c1ccccc1SC1CCS(=O)(=O)C1)N1CCc2[nH]c3ccccc3c2C1. The molecule has 5 rings (SSSR count). The third-order valence-electron chi connectivity index (χ3n) is 5.77. The molecule has 2 aromatic carbocycles. The van der Waals surface area contributed by atoms with Crippen molar-refractivity contribution in [3.05, 3.63) is 65.4 Å². The molecule has 150 valence electrons. The summed E-state index contributed by atoms with van der Waals surface area (Å²) in [5.41, 5.74) is 4.21. The normalized spacial score (nSPS) is 20.7. The zero-order valence-corrected chi connectivity index (χ0v) is 17.6. The van der Waals surface area contributed by atoms with Crippen molar-refractivity contribution >= 4 is 38.4 Å². The molecule has 1 fully saturated rings. The van der Waals surface area contributed by atoms with Crippen LogP contribution >= 0.6 is 11.8 Å². The summed E-state index contributed by atoms with van der Waals surface area (Å²) in [6.07, 6.45) is 1.46. The van der Waals surface area contributed by atoms with E-state index in [1.165, 1.54) is 28.4 Å². The molecule has 1 saturated heterocycles. The first-order valence-electron chi connectivity index (χ1n) is 9.84. The van der Waals surface area contributed by atoms with Gasteiger partial charge in [0, 0.05) is 51.8 Å². The van der Waals surface area contributed by atoms with E-state index in [0.717, 1.165) is 16.8 Å². The maximum atomic E-state index is 13.4. The summed E-state index contributed by atoms with van der Waals surface area (Å²) in [7, 11) is -2.94. The number of para-hydroxylation sites is 1.